The molecule has 0 aliphatic heterocycles. The molecular formula is C14H19F3IN5S2. The lowest BCUT2D eigenvalue weighted by Gasteiger charge is -2.10. The van der Waals surface area contributed by atoms with Gasteiger partial charge in [0.25, 0.3) is 0 Å². The predicted molar refractivity (Wildman–Crippen MR) is 106 cm³/mol. The maximum atomic E-state index is 12.5. The number of aromatic nitrogens is 2. The van der Waals surface area contributed by atoms with E-state index >= 15 is 0 Å². The van der Waals surface area contributed by atoms with Crippen LogP contribution in [-0.4, -0.2) is 29.0 Å². The maximum Gasteiger partial charge on any atom is 0.434 e. The largest absolute Gasteiger partial charge is 0.434 e. The van der Waals surface area contributed by atoms with Crippen LogP contribution in [0.2, 0.25) is 0 Å². The molecule has 0 fully saturated rings. The van der Waals surface area contributed by atoms with Crippen LogP contribution in [-0.2, 0) is 19.1 Å². The molecule has 0 radical (unpaired) electrons. The Bertz CT molecular complexity index is 684. The van der Waals surface area contributed by atoms with Crippen molar-refractivity contribution in [3.63, 3.8) is 0 Å². The Labute approximate surface area is 169 Å². The first-order valence-electron chi connectivity index (χ1n) is 7.33. The number of nitrogens with zero attached hydrogens (tertiary/aromatic N) is 3. The minimum absolute atomic E-state index is 0. The van der Waals surface area contributed by atoms with Gasteiger partial charge in [-0.2, -0.15) is 13.2 Å². The normalized spacial score (nSPS) is 12.0. The molecule has 0 spiro atoms. The van der Waals surface area contributed by atoms with Crippen molar-refractivity contribution in [3.05, 3.63) is 32.2 Å². The van der Waals surface area contributed by atoms with Crippen LogP contribution in [0.15, 0.2) is 16.6 Å². The molecule has 0 saturated heterocycles. The zero-order chi connectivity index (χ0) is 17.6. The highest BCUT2D eigenvalue weighted by molar-refractivity contribution is 14.0. The summed E-state index contributed by atoms with van der Waals surface area (Å²) in [5.41, 5.74) is -0.866. The smallest absolute Gasteiger partial charge is 0.357 e. The van der Waals surface area contributed by atoms with Crippen molar-refractivity contribution in [3.8, 4) is 0 Å². The van der Waals surface area contributed by atoms with E-state index in [4.69, 9.17) is 0 Å². The van der Waals surface area contributed by atoms with Gasteiger partial charge in [-0.15, -0.1) is 46.7 Å². The molecule has 2 rings (SSSR count). The summed E-state index contributed by atoms with van der Waals surface area (Å²) in [6, 6.07) is 0. The third kappa shape index (κ3) is 7.44. The molecule has 140 valence electrons. The molecule has 25 heavy (non-hydrogen) atoms. The molecule has 0 atom stereocenters. The lowest BCUT2D eigenvalue weighted by atomic mass is 10.4. The number of aryl methyl sites for hydroxylation is 1. The first-order chi connectivity index (χ1) is 11.4. The first kappa shape index (κ1) is 22.1. The standard InChI is InChI=1S/C14H18F3N5S2.HI/c1-3-18-13(19-5-4-11-20-6-9(2)24-11)21-7-12-22-10(8-23-12)14(15,16)17;/h6,8H,3-5,7H2,1-2H3,(H2,18,19,21);1H. The van der Waals surface area contributed by atoms with Crippen LogP contribution in [0.25, 0.3) is 0 Å². The average Bonchev–Trinajstić information content (AvgIpc) is 3.13. The highest BCUT2D eigenvalue weighted by atomic mass is 127. The van der Waals surface area contributed by atoms with Gasteiger partial charge in [0, 0.05) is 36.0 Å². The second-order valence-corrected chi connectivity index (χ2v) is 7.12. The van der Waals surface area contributed by atoms with Crippen molar-refractivity contribution in [1.29, 1.82) is 0 Å². The molecule has 0 aliphatic rings. The van der Waals surface area contributed by atoms with Crippen molar-refractivity contribution in [2.45, 2.75) is 33.0 Å². The SMILES string of the molecule is CCNC(=NCc1nc(C(F)(F)F)cs1)NCCc1ncc(C)s1.I. The van der Waals surface area contributed by atoms with Gasteiger partial charge in [0.15, 0.2) is 11.7 Å². The summed E-state index contributed by atoms with van der Waals surface area (Å²) < 4.78 is 37.6. The Morgan fingerprint density at radius 1 is 1.28 bits per heavy atom. The van der Waals surface area contributed by atoms with Crippen LogP contribution in [0.3, 0.4) is 0 Å². The summed E-state index contributed by atoms with van der Waals surface area (Å²) in [6.07, 6.45) is -1.81. The van der Waals surface area contributed by atoms with Crippen LogP contribution >= 0.6 is 46.7 Å². The summed E-state index contributed by atoms with van der Waals surface area (Å²) in [4.78, 5) is 13.3. The Balaban J connectivity index is 0.00000312. The number of hydrogen-bond donors (Lipinski definition) is 2. The Morgan fingerprint density at radius 2 is 2.04 bits per heavy atom. The van der Waals surface area contributed by atoms with Gasteiger partial charge in [0.1, 0.15) is 5.01 Å². The van der Waals surface area contributed by atoms with Crippen molar-refractivity contribution in [1.82, 2.24) is 20.6 Å². The summed E-state index contributed by atoms with van der Waals surface area (Å²) >= 11 is 2.60. The van der Waals surface area contributed by atoms with Gasteiger partial charge in [0.2, 0.25) is 0 Å². The predicted octanol–water partition coefficient (Wildman–Crippen LogP) is 3.84. The fourth-order valence-corrected chi connectivity index (χ4v) is 3.32. The summed E-state index contributed by atoms with van der Waals surface area (Å²) in [5.74, 6) is 0.550. The second kappa shape index (κ2) is 10.3. The van der Waals surface area contributed by atoms with Gasteiger partial charge >= 0.3 is 6.18 Å². The number of guanidine groups is 1. The van der Waals surface area contributed by atoms with E-state index in [0.717, 1.165) is 33.0 Å². The molecular weight excluding hydrogens is 486 g/mol. The maximum absolute atomic E-state index is 12.5. The summed E-state index contributed by atoms with van der Waals surface area (Å²) in [5, 5.41) is 8.58. The Kier molecular flexibility index (Phi) is 9.07. The Hall–Kier alpha value is -0.950. The molecule has 0 amide bonds. The minimum atomic E-state index is -4.41. The van der Waals surface area contributed by atoms with Crippen molar-refractivity contribution >= 4 is 52.6 Å². The van der Waals surface area contributed by atoms with Gasteiger partial charge in [-0.05, 0) is 13.8 Å². The highest BCUT2D eigenvalue weighted by Gasteiger charge is 2.33. The van der Waals surface area contributed by atoms with E-state index in [1.54, 1.807) is 11.3 Å². The van der Waals surface area contributed by atoms with Crippen LogP contribution in [0.1, 0.15) is 27.5 Å². The van der Waals surface area contributed by atoms with Crippen LogP contribution in [0, 0.1) is 6.92 Å². The number of alkyl halides is 3. The molecule has 2 heterocycles. The van der Waals surface area contributed by atoms with Crippen LogP contribution in [0.5, 0.6) is 0 Å². The molecule has 0 aliphatic carbocycles. The average molecular weight is 505 g/mol. The number of halogens is 4. The lowest BCUT2D eigenvalue weighted by Crippen LogP contribution is -2.38. The molecule has 0 unspecified atom stereocenters. The van der Waals surface area contributed by atoms with Gasteiger partial charge < -0.3 is 10.6 Å². The van der Waals surface area contributed by atoms with E-state index in [2.05, 4.69) is 25.6 Å². The van der Waals surface area contributed by atoms with Crippen molar-refractivity contribution < 1.29 is 13.2 Å². The van der Waals surface area contributed by atoms with Gasteiger partial charge in [-0.25, -0.2) is 15.0 Å². The van der Waals surface area contributed by atoms with E-state index in [1.807, 2.05) is 20.0 Å². The number of thiazole rings is 2. The molecule has 0 aromatic carbocycles. The van der Waals surface area contributed by atoms with Crippen molar-refractivity contribution in [2.75, 3.05) is 13.1 Å². The zero-order valence-corrected chi connectivity index (χ0v) is 17.6. The zero-order valence-electron chi connectivity index (χ0n) is 13.7. The number of nitrogens with one attached hydrogen (secondary N) is 2. The van der Waals surface area contributed by atoms with Crippen LogP contribution in [0.4, 0.5) is 13.2 Å². The number of aliphatic imine (C=N–C) groups is 1. The minimum Gasteiger partial charge on any atom is -0.357 e. The molecule has 2 aromatic rings. The second-order valence-electron chi connectivity index (χ2n) is 4.86. The van der Waals surface area contributed by atoms with Gasteiger partial charge in [0.05, 0.1) is 11.6 Å². The van der Waals surface area contributed by atoms with Crippen LogP contribution < -0.4 is 10.6 Å². The van der Waals surface area contributed by atoms with E-state index in [9.17, 15) is 13.2 Å². The number of hydrogen-bond acceptors (Lipinski definition) is 5. The third-order valence-electron chi connectivity index (χ3n) is 2.86. The quantitative estimate of drug-likeness (QED) is 0.356. The van der Waals surface area contributed by atoms with E-state index in [0.29, 0.717) is 24.1 Å². The summed E-state index contributed by atoms with van der Waals surface area (Å²) in [6.45, 7) is 5.33. The topological polar surface area (TPSA) is 62.2 Å². The molecule has 0 saturated carbocycles. The van der Waals surface area contributed by atoms with Crippen molar-refractivity contribution in [2.24, 2.45) is 4.99 Å². The monoisotopic (exact) mass is 505 g/mol. The van der Waals surface area contributed by atoms with E-state index in [1.165, 1.54) is 0 Å². The lowest BCUT2D eigenvalue weighted by molar-refractivity contribution is -0.140. The number of rotatable bonds is 6. The molecule has 2 aromatic heterocycles. The van der Waals surface area contributed by atoms with Gasteiger partial charge in [-0.3, -0.25) is 0 Å². The molecule has 5 nitrogen and oxygen atoms in total. The highest BCUT2D eigenvalue weighted by Crippen LogP contribution is 2.30. The first-order valence-corrected chi connectivity index (χ1v) is 9.03. The molecule has 0 bridgehead atoms. The summed E-state index contributed by atoms with van der Waals surface area (Å²) in [7, 11) is 0. The fourth-order valence-electron chi connectivity index (χ4n) is 1.81. The van der Waals surface area contributed by atoms with E-state index < -0.39 is 11.9 Å². The van der Waals surface area contributed by atoms with Gasteiger partial charge in [-0.1, -0.05) is 0 Å². The molecule has 2 N–H and O–H groups in total. The molecule has 11 heteroatoms. The fraction of sp³-hybridized carbons (Fsp3) is 0.500. The van der Waals surface area contributed by atoms with E-state index in [-0.39, 0.29) is 30.5 Å². The Morgan fingerprint density at radius 3 is 2.60 bits per heavy atom. The third-order valence-corrected chi connectivity index (χ3v) is 4.67.